The molecule has 2 rings (SSSR count). The molecular formula is C14H12BrClO2. The topological polar surface area (TPSA) is 29.5 Å². The van der Waals surface area contributed by atoms with Gasteiger partial charge in [-0.25, -0.2) is 0 Å². The highest BCUT2D eigenvalue weighted by atomic mass is 79.9. The van der Waals surface area contributed by atoms with Gasteiger partial charge in [0, 0.05) is 15.1 Å². The third kappa shape index (κ3) is 3.48. The van der Waals surface area contributed by atoms with E-state index in [0.29, 0.717) is 22.9 Å². The molecule has 1 N–H and O–H groups in total. The van der Waals surface area contributed by atoms with E-state index in [0.717, 1.165) is 10.0 Å². The van der Waals surface area contributed by atoms with E-state index in [-0.39, 0.29) is 6.61 Å². The minimum absolute atomic E-state index is 0.0889. The zero-order valence-electron chi connectivity index (χ0n) is 9.57. The Morgan fingerprint density at radius 1 is 1.17 bits per heavy atom. The van der Waals surface area contributed by atoms with Gasteiger partial charge in [-0.1, -0.05) is 39.7 Å². The van der Waals surface area contributed by atoms with E-state index in [2.05, 4.69) is 15.9 Å². The lowest BCUT2D eigenvalue weighted by Crippen LogP contribution is -1.98. The molecule has 0 saturated heterocycles. The first-order valence-electron chi connectivity index (χ1n) is 5.45. The van der Waals surface area contributed by atoms with Crippen LogP contribution in [0.4, 0.5) is 0 Å². The molecule has 0 aliphatic heterocycles. The molecule has 0 unspecified atom stereocenters. The Morgan fingerprint density at radius 3 is 2.72 bits per heavy atom. The number of halogens is 2. The van der Waals surface area contributed by atoms with E-state index in [1.54, 1.807) is 18.2 Å². The fourth-order valence-corrected chi connectivity index (χ4v) is 2.24. The van der Waals surface area contributed by atoms with Gasteiger partial charge in [0.25, 0.3) is 0 Å². The number of aliphatic hydroxyl groups excluding tert-OH is 1. The molecule has 0 fully saturated rings. The van der Waals surface area contributed by atoms with Gasteiger partial charge in [-0.3, -0.25) is 0 Å². The fraction of sp³-hybridized carbons (Fsp3) is 0.143. The lowest BCUT2D eigenvalue weighted by molar-refractivity contribution is 0.259. The van der Waals surface area contributed by atoms with Crippen molar-refractivity contribution in [2.24, 2.45) is 0 Å². The molecule has 0 aliphatic carbocycles. The quantitative estimate of drug-likeness (QED) is 0.913. The summed E-state index contributed by atoms with van der Waals surface area (Å²) in [6.07, 6.45) is 0. The minimum Gasteiger partial charge on any atom is -0.489 e. The number of aliphatic hydroxyl groups is 1. The van der Waals surface area contributed by atoms with Crippen LogP contribution in [0.2, 0.25) is 5.02 Å². The van der Waals surface area contributed by atoms with Crippen LogP contribution in [0, 0.1) is 0 Å². The average molecular weight is 328 g/mol. The second kappa shape index (κ2) is 6.23. The van der Waals surface area contributed by atoms with Crippen LogP contribution >= 0.6 is 27.5 Å². The maximum Gasteiger partial charge on any atom is 0.125 e. The predicted molar refractivity (Wildman–Crippen MR) is 75.8 cm³/mol. The largest absolute Gasteiger partial charge is 0.489 e. The Balaban J connectivity index is 2.10. The summed E-state index contributed by atoms with van der Waals surface area (Å²) >= 11 is 9.27. The van der Waals surface area contributed by atoms with Gasteiger partial charge >= 0.3 is 0 Å². The van der Waals surface area contributed by atoms with Crippen LogP contribution in [0.25, 0.3) is 0 Å². The van der Waals surface area contributed by atoms with Crippen molar-refractivity contribution >= 4 is 27.5 Å². The smallest absolute Gasteiger partial charge is 0.125 e. The molecule has 2 nitrogen and oxygen atoms in total. The van der Waals surface area contributed by atoms with Crippen LogP contribution in [-0.2, 0) is 13.2 Å². The number of benzene rings is 2. The van der Waals surface area contributed by atoms with Gasteiger partial charge in [-0.2, -0.15) is 0 Å². The summed E-state index contributed by atoms with van der Waals surface area (Å²) in [6, 6.07) is 13.1. The first-order valence-corrected chi connectivity index (χ1v) is 6.62. The molecule has 0 saturated carbocycles. The molecule has 2 aromatic carbocycles. The third-order valence-corrected chi connectivity index (χ3v) is 3.20. The summed E-state index contributed by atoms with van der Waals surface area (Å²) < 4.78 is 6.70. The lowest BCUT2D eigenvalue weighted by Gasteiger charge is -2.10. The van der Waals surface area contributed by atoms with Gasteiger partial charge in [0.15, 0.2) is 0 Å². The molecule has 2 aromatic rings. The zero-order valence-corrected chi connectivity index (χ0v) is 11.9. The van der Waals surface area contributed by atoms with Gasteiger partial charge in [0.05, 0.1) is 6.61 Å². The van der Waals surface area contributed by atoms with Crippen molar-refractivity contribution in [3.8, 4) is 5.75 Å². The molecule has 0 bridgehead atoms. The Kier molecular flexibility index (Phi) is 4.64. The second-order valence-electron chi connectivity index (χ2n) is 3.83. The van der Waals surface area contributed by atoms with Gasteiger partial charge < -0.3 is 9.84 Å². The molecule has 0 heterocycles. The van der Waals surface area contributed by atoms with Gasteiger partial charge in [-0.05, 0) is 35.9 Å². The molecule has 18 heavy (non-hydrogen) atoms. The van der Waals surface area contributed by atoms with E-state index in [1.807, 2.05) is 24.3 Å². The first kappa shape index (κ1) is 13.4. The molecule has 94 valence electrons. The summed E-state index contributed by atoms with van der Waals surface area (Å²) in [5.41, 5.74) is 1.75. The number of hydrogen-bond acceptors (Lipinski definition) is 2. The van der Waals surface area contributed by atoms with Gasteiger partial charge in [-0.15, -0.1) is 0 Å². The van der Waals surface area contributed by atoms with Gasteiger partial charge in [0.1, 0.15) is 12.4 Å². The molecule has 0 radical (unpaired) electrons. The van der Waals surface area contributed by atoms with Crippen molar-refractivity contribution in [3.63, 3.8) is 0 Å². The SMILES string of the molecule is OCc1cc(Cl)ccc1OCc1cccc(Br)c1. The van der Waals surface area contributed by atoms with Crippen LogP contribution < -0.4 is 4.74 Å². The summed E-state index contributed by atoms with van der Waals surface area (Å²) in [7, 11) is 0. The van der Waals surface area contributed by atoms with Crippen molar-refractivity contribution in [2.45, 2.75) is 13.2 Å². The highest BCUT2D eigenvalue weighted by Gasteiger charge is 2.04. The average Bonchev–Trinajstić information content (AvgIpc) is 2.37. The zero-order chi connectivity index (χ0) is 13.0. The molecule has 0 aliphatic rings. The van der Waals surface area contributed by atoms with E-state index in [4.69, 9.17) is 16.3 Å². The predicted octanol–water partition coefficient (Wildman–Crippen LogP) is 4.17. The molecular weight excluding hydrogens is 316 g/mol. The number of ether oxygens (including phenoxy) is 1. The van der Waals surface area contributed by atoms with Gasteiger partial charge in [0.2, 0.25) is 0 Å². The van der Waals surface area contributed by atoms with Crippen molar-refractivity contribution in [1.82, 2.24) is 0 Å². The van der Waals surface area contributed by atoms with Crippen LogP contribution in [-0.4, -0.2) is 5.11 Å². The summed E-state index contributed by atoms with van der Waals surface area (Å²) in [5.74, 6) is 0.655. The minimum atomic E-state index is -0.0889. The Labute approximate surface area is 119 Å². The van der Waals surface area contributed by atoms with E-state index in [9.17, 15) is 5.11 Å². The van der Waals surface area contributed by atoms with Crippen LogP contribution in [0.5, 0.6) is 5.75 Å². The first-order chi connectivity index (χ1) is 8.69. The highest BCUT2D eigenvalue weighted by Crippen LogP contribution is 2.24. The molecule has 0 spiro atoms. The Bertz CT molecular complexity index is 543. The maximum absolute atomic E-state index is 9.24. The van der Waals surface area contributed by atoms with Crippen LogP contribution in [0.15, 0.2) is 46.9 Å². The third-order valence-electron chi connectivity index (χ3n) is 2.48. The number of hydrogen-bond donors (Lipinski definition) is 1. The second-order valence-corrected chi connectivity index (χ2v) is 5.18. The summed E-state index contributed by atoms with van der Waals surface area (Å²) in [4.78, 5) is 0. The highest BCUT2D eigenvalue weighted by molar-refractivity contribution is 9.10. The number of rotatable bonds is 4. The van der Waals surface area contributed by atoms with Crippen LogP contribution in [0.3, 0.4) is 0 Å². The Hall–Kier alpha value is -1.03. The standard InChI is InChI=1S/C14H12BrClO2/c15-12-3-1-2-10(6-12)9-18-14-5-4-13(16)7-11(14)8-17/h1-7,17H,8-9H2. The van der Waals surface area contributed by atoms with E-state index >= 15 is 0 Å². The van der Waals surface area contributed by atoms with Crippen LogP contribution in [0.1, 0.15) is 11.1 Å². The molecule has 4 heteroatoms. The fourth-order valence-electron chi connectivity index (χ4n) is 1.60. The maximum atomic E-state index is 9.24. The van der Waals surface area contributed by atoms with Crippen molar-refractivity contribution in [3.05, 3.63) is 63.1 Å². The van der Waals surface area contributed by atoms with E-state index in [1.165, 1.54) is 0 Å². The van der Waals surface area contributed by atoms with E-state index < -0.39 is 0 Å². The van der Waals surface area contributed by atoms with Crippen molar-refractivity contribution in [2.75, 3.05) is 0 Å². The Morgan fingerprint density at radius 2 is 2.00 bits per heavy atom. The van der Waals surface area contributed by atoms with Crippen molar-refractivity contribution < 1.29 is 9.84 Å². The summed E-state index contributed by atoms with van der Waals surface area (Å²) in [5, 5.41) is 9.83. The monoisotopic (exact) mass is 326 g/mol. The molecule has 0 atom stereocenters. The normalized spacial score (nSPS) is 10.4. The lowest BCUT2D eigenvalue weighted by atomic mass is 10.2. The molecule has 0 amide bonds. The van der Waals surface area contributed by atoms with Crippen molar-refractivity contribution in [1.29, 1.82) is 0 Å². The summed E-state index contributed by atoms with van der Waals surface area (Å²) in [6.45, 7) is 0.364. The molecule has 0 aromatic heterocycles.